The first-order valence-electron chi connectivity index (χ1n) is 7.60. The molecule has 2 heterocycles. The van der Waals surface area contributed by atoms with E-state index in [0.717, 1.165) is 24.1 Å². The Morgan fingerprint density at radius 1 is 1.36 bits per heavy atom. The molecule has 1 aliphatic rings. The van der Waals surface area contributed by atoms with Gasteiger partial charge in [-0.3, -0.25) is 14.5 Å². The van der Waals surface area contributed by atoms with Crippen LogP contribution in [0.25, 0.3) is 0 Å². The van der Waals surface area contributed by atoms with Crippen LogP contribution in [0.1, 0.15) is 53.6 Å². The van der Waals surface area contributed by atoms with Gasteiger partial charge in [-0.05, 0) is 37.3 Å². The number of rotatable bonds is 2. The smallest absolute Gasteiger partial charge is 0.253 e. The van der Waals surface area contributed by atoms with Gasteiger partial charge >= 0.3 is 0 Å². The van der Waals surface area contributed by atoms with E-state index >= 15 is 0 Å². The topological polar surface area (TPSA) is 59.8 Å². The number of hydrogen-bond acceptors (Lipinski definition) is 3. The first-order valence-corrected chi connectivity index (χ1v) is 7.60. The normalized spacial score (nSPS) is 19.5. The summed E-state index contributed by atoms with van der Waals surface area (Å²) >= 11 is 0. The van der Waals surface area contributed by atoms with Crippen LogP contribution in [-0.2, 0) is 13.5 Å². The molecule has 1 aliphatic carbocycles. The second-order valence-corrected chi connectivity index (χ2v) is 6.93. The molecular weight excluding hydrogens is 276 g/mol. The van der Waals surface area contributed by atoms with Gasteiger partial charge in [-0.25, -0.2) is 0 Å². The molecule has 0 fully saturated rings. The molecule has 5 nitrogen and oxygen atoms in total. The third-order valence-corrected chi connectivity index (χ3v) is 4.35. The van der Waals surface area contributed by atoms with Crippen molar-refractivity contribution in [3.05, 3.63) is 47.0 Å². The molecule has 3 rings (SSSR count). The van der Waals surface area contributed by atoms with E-state index in [-0.39, 0.29) is 17.4 Å². The zero-order chi connectivity index (χ0) is 15.9. The van der Waals surface area contributed by atoms with E-state index in [1.54, 1.807) is 6.20 Å². The van der Waals surface area contributed by atoms with Gasteiger partial charge < -0.3 is 5.32 Å². The summed E-state index contributed by atoms with van der Waals surface area (Å²) < 4.78 is 1.92. The Hall–Kier alpha value is -2.17. The fraction of sp³-hybridized carbons (Fsp3) is 0.471. The van der Waals surface area contributed by atoms with Crippen LogP contribution in [0.4, 0.5) is 0 Å². The highest BCUT2D eigenvalue weighted by atomic mass is 16.1. The first kappa shape index (κ1) is 14.8. The third-order valence-electron chi connectivity index (χ3n) is 4.35. The molecule has 0 bridgehead atoms. The summed E-state index contributed by atoms with van der Waals surface area (Å²) in [6, 6.07) is 3.67. The molecule has 0 aliphatic heterocycles. The van der Waals surface area contributed by atoms with Gasteiger partial charge in [0.2, 0.25) is 0 Å². The van der Waals surface area contributed by atoms with Crippen molar-refractivity contribution in [1.82, 2.24) is 20.1 Å². The molecule has 5 heteroatoms. The van der Waals surface area contributed by atoms with Crippen LogP contribution in [-0.4, -0.2) is 20.7 Å². The lowest BCUT2D eigenvalue weighted by atomic mass is 9.74. The van der Waals surface area contributed by atoms with E-state index in [0.29, 0.717) is 5.56 Å². The fourth-order valence-electron chi connectivity index (χ4n) is 3.15. The number of nitrogens with one attached hydrogen (secondary N) is 1. The maximum atomic E-state index is 12.5. The van der Waals surface area contributed by atoms with Crippen LogP contribution in [0.5, 0.6) is 0 Å². The molecule has 116 valence electrons. The van der Waals surface area contributed by atoms with Gasteiger partial charge in [-0.2, -0.15) is 5.10 Å². The number of fused-ring (bicyclic) bond motifs is 1. The number of nitrogens with zero attached hydrogens (tertiary/aromatic N) is 3. The minimum absolute atomic E-state index is 0.00116. The highest BCUT2D eigenvalue weighted by Crippen LogP contribution is 2.40. The Labute approximate surface area is 130 Å². The summed E-state index contributed by atoms with van der Waals surface area (Å²) in [5.74, 6) is -0.0787. The first-order chi connectivity index (χ1) is 10.4. The molecule has 0 aromatic carbocycles. The Kier molecular flexibility index (Phi) is 3.51. The highest BCUT2D eigenvalue weighted by molar-refractivity contribution is 5.94. The van der Waals surface area contributed by atoms with Crippen molar-refractivity contribution >= 4 is 5.91 Å². The second kappa shape index (κ2) is 5.23. The van der Waals surface area contributed by atoms with Gasteiger partial charge in [-0.1, -0.05) is 13.8 Å². The molecule has 2 aromatic rings. The van der Waals surface area contributed by atoms with Crippen molar-refractivity contribution in [2.45, 2.75) is 39.7 Å². The maximum absolute atomic E-state index is 12.5. The molecule has 0 unspecified atom stereocenters. The standard InChI is InChI=1S/C17H22N4O/c1-11-5-6-12(9-18-11)16(22)20-14-7-17(2,3)8-15-13(14)10-19-21(15)4/h5-6,9-10,14H,7-8H2,1-4H3,(H,20,22)/t14-/m0/s1. The molecule has 1 N–H and O–H groups in total. The molecule has 0 spiro atoms. The van der Waals surface area contributed by atoms with Crippen LogP contribution in [0.2, 0.25) is 0 Å². The third kappa shape index (κ3) is 2.75. The number of aryl methyl sites for hydroxylation is 2. The summed E-state index contributed by atoms with van der Waals surface area (Å²) in [4.78, 5) is 16.7. The van der Waals surface area contributed by atoms with Crippen molar-refractivity contribution in [3.8, 4) is 0 Å². The number of pyridine rings is 1. The van der Waals surface area contributed by atoms with Crippen molar-refractivity contribution < 1.29 is 4.79 Å². The number of carbonyl (C=O) groups is 1. The lowest BCUT2D eigenvalue weighted by Crippen LogP contribution is -2.36. The van der Waals surface area contributed by atoms with Crippen molar-refractivity contribution in [3.63, 3.8) is 0 Å². The highest BCUT2D eigenvalue weighted by Gasteiger charge is 2.35. The van der Waals surface area contributed by atoms with Gasteiger partial charge in [0.1, 0.15) is 0 Å². The van der Waals surface area contributed by atoms with Crippen LogP contribution < -0.4 is 5.32 Å². The van der Waals surface area contributed by atoms with E-state index < -0.39 is 0 Å². The predicted molar refractivity (Wildman–Crippen MR) is 84.5 cm³/mol. The van der Waals surface area contributed by atoms with Crippen molar-refractivity contribution in [1.29, 1.82) is 0 Å². The zero-order valence-corrected chi connectivity index (χ0v) is 13.6. The summed E-state index contributed by atoms with van der Waals surface area (Å²) in [5, 5.41) is 7.51. The van der Waals surface area contributed by atoms with E-state index in [4.69, 9.17) is 0 Å². The number of hydrogen-bond donors (Lipinski definition) is 1. The lowest BCUT2D eigenvalue weighted by Gasteiger charge is -2.35. The summed E-state index contributed by atoms with van der Waals surface area (Å²) in [7, 11) is 1.96. The minimum atomic E-state index is -0.0787. The molecular formula is C17H22N4O. The van der Waals surface area contributed by atoms with Crippen LogP contribution in [0.15, 0.2) is 24.5 Å². The maximum Gasteiger partial charge on any atom is 0.253 e. The molecule has 0 radical (unpaired) electrons. The Bertz CT molecular complexity index is 700. The SMILES string of the molecule is Cc1ccc(C(=O)N[C@H]2CC(C)(C)Cc3c2cnn3C)cn1. The monoisotopic (exact) mass is 298 g/mol. The van der Waals surface area contributed by atoms with E-state index in [2.05, 4.69) is 29.2 Å². The second-order valence-electron chi connectivity index (χ2n) is 6.93. The summed E-state index contributed by atoms with van der Waals surface area (Å²) in [6.45, 7) is 6.37. The van der Waals surface area contributed by atoms with Gasteiger partial charge in [0.15, 0.2) is 0 Å². The van der Waals surface area contributed by atoms with Gasteiger partial charge in [0.25, 0.3) is 5.91 Å². The van der Waals surface area contributed by atoms with Gasteiger partial charge in [0.05, 0.1) is 17.8 Å². The summed E-state index contributed by atoms with van der Waals surface area (Å²) in [6.07, 6.45) is 5.40. The number of aromatic nitrogens is 3. The van der Waals surface area contributed by atoms with Gasteiger partial charge in [0, 0.05) is 30.2 Å². The van der Waals surface area contributed by atoms with E-state index in [9.17, 15) is 4.79 Å². The fourth-order valence-corrected chi connectivity index (χ4v) is 3.15. The lowest BCUT2D eigenvalue weighted by molar-refractivity contribution is 0.0918. The average molecular weight is 298 g/mol. The molecule has 2 aromatic heterocycles. The largest absolute Gasteiger partial charge is 0.345 e. The van der Waals surface area contributed by atoms with Crippen LogP contribution >= 0.6 is 0 Å². The average Bonchev–Trinajstić information content (AvgIpc) is 2.80. The van der Waals surface area contributed by atoms with Crippen LogP contribution in [0, 0.1) is 12.3 Å². The zero-order valence-electron chi connectivity index (χ0n) is 13.6. The molecule has 1 atom stereocenters. The molecule has 22 heavy (non-hydrogen) atoms. The Morgan fingerprint density at radius 3 is 2.82 bits per heavy atom. The number of carbonyl (C=O) groups excluding carboxylic acids is 1. The Morgan fingerprint density at radius 2 is 2.14 bits per heavy atom. The van der Waals surface area contributed by atoms with Crippen LogP contribution in [0.3, 0.4) is 0 Å². The number of amides is 1. The van der Waals surface area contributed by atoms with Crippen molar-refractivity contribution in [2.75, 3.05) is 0 Å². The molecule has 1 amide bonds. The molecule has 0 saturated heterocycles. The van der Waals surface area contributed by atoms with Gasteiger partial charge in [-0.15, -0.1) is 0 Å². The summed E-state index contributed by atoms with van der Waals surface area (Å²) in [5.41, 5.74) is 3.99. The molecule has 0 saturated carbocycles. The van der Waals surface area contributed by atoms with E-state index in [1.165, 1.54) is 5.69 Å². The van der Waals surface area contributed by atoms with E-state index in [1.807, 2.05) is 37.0 Å². The Balaban J connectivity index is 1.85. The quantitative estimate of drug-likeness (QED) is 0.927. The van der Waals surface area contributed by atoms with Crippen molar-refractivity contribution in [2.24, 2.45) is 12.5 Å². The minimum Gasteiger partial charge on any atom is -0.345 e. The predicted octanol–water partition coefficient (Wildman–Crippen LogP) is 2.57.